The van der Waals surface area contributed by atoms with Crippen molar-refractivity contribution >= 4 is 29.3 Å². The molecular weight excluding hydrogens is 486 g/mol. The molecule has 2 N–H and O–H groups in total. The van der Waals surface area contributed by atoms with E-state index in [4.69, 9.17) is 14.5 Å². The number of fused-ring (bicyclic) bond motifs is 4. The van der Waals surface area contributed by atoms with Crippen molar-refractivity contribution in [3.63, 3.8) is 0 Å². The van der Waals surface area contributed by atoms with Gasteiger partial charge in [-0.05, 0) is 68.2 Å². The SMILES string of the molecule is OCCSNc1ccc2c(c1)N1CCC(CCCC3CCCN(C3)c3nccc(n3)-c3nnc-2o3)CC1. The zero-order valence-corrected chi connectivity index (χ0v) is 22.0. The Kier molecular flexibility index (Phi) is 7.45. The number of hydrogen-bond donors (Lipinski definition) is 2. The van der Waals surface area contributed by atoms with Gasteiger partial charge in [-0.2, -0.15) is 0 Å². The second-order valence-corrected chi connectivity index (χ2v) is 11.3. The van der Waals surface area contributed by atoms with Crippen LogP contribution >= 0.6 is 11.9 Å². The van der Waals surface area contributed by atoms with Gasteiger partial charge in [0.05, 0.1) is 17.9 Å². The predicted molar refractivity (Wildman–Crippen MR) is 148 cm³/mol. The maximum atomic E-state index is 9.15. The first kappa shape index (κ1) is 24.5. The first-order valence-electron chi connectivity index (χ1n) is 13.6. The van der Waals surface area contributed by atoms with Gasteiger partial charge in [0.2, 0.25) is 11.8 Å². The highest BCUT2D eigenvalue weighted by Gasteiger charge is 2.26. The maximum absolute atomic E-state index is 9.15. The highest BCUT2D eigenvalue weighted by Crippen LogP contribution is 2.37. The Bertz CT molecular complexity index is 1200. The van der Waals surface area contributed by atoms with Gasteiger partial charge in [0.15, 0.2) is 0 Å². The number of nitrogens with zero attached hydrogens (tertiary/aromatic N) is 6. The molecule has 2 saturated heterocycles. The third kappa shape index (κ3) is 5.55. The van der Waals surface area contributed by atoms with Crippen LogP contribution in [0.15, 0.2) is 34.9 Å². The fraction of sp³-hybridized carbons (Fsp3) is 0.556. The lowest BCUT2D eigenvalue weighted by molar-refractivity contribution is 0.322. The summed E-state index contributed by atoms with van der Waals surface area (Å²) in [5.41, 5.74) is 3.70. The van der Waals surface area contributed by atoms with Crippen LogP contribution in [0.3, 0.4) is 0 Å². The van der Waals surface area contributed by atoms with Gasteiger partial charge in [-0.15, -0.1) is 10.2 Å². The lowest BCUT2D eigenvalue weighted by Gasteiger charge is -2.35. The van der Waals surface area contributed by atoms with Gasteiger partial charge in [0.25, 0.3) is 5.89 Å². The van der Waals surface area contributed by atoms with Crippen molar-refractivity contribution in [1.29, 1.82) is 0 Å². The molecule has 0 radical (unpaired) electrons. The first-order chi connectivity index (χ1) is 18.3. The molecule has 4 aliphatic heterocycles. The van der Waals surface area contributed by atoms with Crippen molar-refractivity contribution in [1.82, 2.24) is 20.2 Å². The van der Waals surface area contributed by atoms with Gasteiger partial charge >= 0.3 is 0 Å². The van der Waals surface area contributed by atoms with Crippen LogP contribution in [0.1, 0.15) is 44.9 Å². The number of nitrogens with one attached hydrogen (secondary N) is 1. The number of aliphatic hydroxyl groups excluding tert-OH is 1. The summed E-state index contributed by atoms with van der Waals surface area (Å²) in [4.78, 5) is 14.2. The van der Waals surface area contributed by atoms with Crippen LogP contribution in [0.5, 0.6) is 0 Å². The number of aliphatic hydroxyl groups is 1. The summed E-state index contributed by atoms with van der Waals surface area (Å²) in [6, 6.07) is 8.09. The van der Waals surface area contributed by atoms with E-state index >= 15 is 0 Å². The molecule has 0 aliphatic carbocycles. The zero-order valence-electron chi connectivity index (χ0n) is 21.2. The van der Waals surface area contributed by atoms with Gasteiger partial charge < -0.3 is 24.0 Å². The van der Waals surface area contributed by atoms with Crippen LogP contribution in [0.2, 0.25) is 0 Å². The lowest BCUT2D eigenvalue weighted by Crippen LogP contribution is -2.36. The zero-order chi connectivity index (χ0) is 25.0. The van der Waals surface area contributed by atoms with E-state index in [1.165, 1.54) is 56.9 Å². The van der Waals surface area contributed by atoms with Gasteiger partial charge in [0.1, 0.15) is 5.69 Å². The maximum Gasteiger partial charge on any atom is 0.266 e. The van der Waals surface area contributed by atoms with Crippen molar-refractivity contribution in [2.45, 2.75) is 44.9 Å². The molecular formula is C27H35N7O2S. The number of benzene rings is 1. The van der Waals surface area contributed by atoms with E-state index in [1.807, 2.05) is 12.1 Å². The summed E-state index contributed by atoms with van der Waals surface area (Å²) in [6.07, 6.45) is 10.6. The van der Waals surface area contributed by atoms with Crippen molar-refractivity contribution in [2.24, 2.45) is 11.8 Å². The highest BCUT2D eigenvalue weighted by molar-refractivity contribution is 8.00. The molecule has 37 heavy (non-hydrogen) atoms. The Hall–Kier alpha value is -2.85. The summed E-state index contributed by atoms with van der Waals surface area (Å²) in [5.74, 6) is 3.80. The van der Waals surface area contributed by atoms with Gasteiger partial charge in [-0.3, -0.25) is 0 Å². The van der Waals surface area contributed by atoms with Crippen LogP contribution in [0.25, 0.3) is 23.0 Å². The molecule has 196 valence electrons. The van der Waals surface area contributed by atoms with Gasteiger partial charge in [-0.1, -0.05) is 24.8 Å². The molecule has 2 fully saturated rings. The molecule has 6 heterocycles. The first-order valence-corrected chi connectivity index (χ1v) is 14.6. The highest BCUT2D eigenvalue weighted by atomic mass is 32.2. The second-order valence-electron chi connectivity index (χ2n) is 10.4. The van der Waals surface area contributed by atoms with Gasteiger partial charge in [-0.25, -0.2) is 9.97 Å². The van der Waals surface area contributed by atoms with Crippen LogP contribution in [0.4, 0.5) is 17.3 Å². The number of hydrogen-bond acceptors (Lipinski definition) is 10. The smallest absolute Gasteiger partial charge is 0.266 e. The molecule has 1 atom stereocenters. The van der Waals surface area contributed by atoms with Crippen molar-refractivity contribution in [2.75, 3.05) is 53.1 Å². The normalized spacial score (nSPS) is 21.8. The van der Waals surface area contributed by atoms with Crippen LogP contribution in [-0.2, 0) is 0 Å². The predicted octanol–water partition coefficient (Wildman–Crippen LogP) is 4.86. The van der Waals surface area contributed by atoms with Crippen LogP contribution < -0.4 is 14.5 Å². The van der Waals surface area contributed by atoms with Crippen molar-refractivity contribution < 1.29 is 9.52 Å². The Morgan fingerprint density at radius 3 is 2.68 bits per heavy atom. The van der Waals surface area contributed by atoms with E-state index in [9.17, 15) is 0 Å². The molecule has 3 aromatic rings. The Labute approximate surface area is 222 Å². The van der Waals surface area contributed by atoms with E-state index in [-0.39, 0.29) is 6.61 Å². The topological polar surface area (TPSA) is 103 Å². The quantitative estimate of drug-likeness (QED) is 0.365. The minimum absolute atomic E-state index is 0.143. The second kappa shape index (κ2) is 11.3. The fourth-order valence-electron chi connectivity index (χ4n) is 5.91. The molecule has 0 spiro atoms. The summed E-state index contributed by atoms with van der Waals surface area (Å²) < 4.78 is 9.58. The summed E-state index contributed by atoms with van der Waals surface area (Å²) in [5, 5.41) is 18.0. The average Bonchev–Trinajstić information content (AvgIpc) is 3.44. The molecule has 2 aromatic heterocycles. The molecule has 10 heteroatoms. The number of anilines is 3. The minimum atomic E-state index is 0.143. The third-order valence-electron chi connectivity index (χ3n) is 7.88. The van der Waals surface area contributed by atoms with Crippen LogP contribution in [0, 0.1) is 11.8 Å². The molecule has 1 aromatic carbocycles. The molecule has 9 nitrogen and oxygen atoms in total. The molecule has 4 aliphatic rings. The third-order valence-corrected chi connectivity index (χ3v) is 8.65. The number of piperidine rings is 2. The summed E-state index contributed by atoms with van der Waals surface area (Å²) in [7, 11) is 0. The van der Waals surface area contributed by atoms with Gasteiger partial charge in [0, 0.05) is 43.8 Å². The summed E-state index contributed by atoms with van der Waals surface area (Å²) in [6.45, 7) is 4.21. The van der Waals surface area contributed by atoms with E-state index in [2.05, 4.69) is 41.8 Å². The monoisotopic (exact) mass is 521 g/mol. The van der Waals surface area contributed by atoms with E-state index in [0.717, 1.165) is 55.0 Å². The van der Waals surface area contributed by atoms with E-state index < -0.39 is 0 Å². The fourth-order valence-corrected chi connectivity index (χ4v) is 6.40. The Balaban J connectivity index is 1.36. The molecule has 0 saturated carbocycles. The Morgan fingerprint density at radius 2 is 1.78 bits per heavy atom. The standard InChI is InChI=1S/C27H35N7O2S/c35-15-16-37-32-21-6-7-22-24(17-21)33-13-9-19(10-14-33)3-1-4-20-5-2-12-34(18-20)27-28-11-8-23(29-27)26-31-30-25(22)36-26/h6-8,11,17,19-20,32,35H,1-5,9-10,12-16,18H2. The average molecular weight is 522 g/mol. The molecule has 7 rings (SSSR count). The van der Waals surface area contributed by atoms with E-state index in [1.54, 1.807) is 6.20 Å². The van der Waals surface area contributed by atoms with Crippen molar-refractivity contribution in [3.8, 4) is 23.0 Å². The molecule has 1 unspecified atom stereocenters. The number of rotatable bonds is 4. The number of aromatic nitrogens is 4. The molecule has 8 bridgehead atoms. The van der Waals surface area contributed by atoms with Crippen LogP contribution in [-0.4, -0.2) is 63.8 Å². The molecule has 0 amide bonds. The Morgan fingerprint density at radius 1 is 0.946 bits per heavy atom. The summed E-state index contributed by atoms with van der Waals surface area (Å²) >= 11 is 1.50. The van der Waals surface area contributed by atoms with Crippen molar-refractivity contribution in [3.05, 3.63) is 30.5 Å². The lowest BCUT2D eigenvalue weighted by atomic mass is 9.87. The minimum Gasteiger partial charge on any atom is -0.415 e. The van der Waals surface area contributed by atoms with E-state index in [0.29, 0.717) is 29.1 Å². The largest absolute Gasteiger partial charge is 0.415 e.